The van der Waals surface area contributed by atoms with Crippen LogP contribution in [-0.2, 0) is 6.54 Å². The topological polar surface area (TPSA) is 23.5 Å². The molecule has 0 aromatic carbocycles. The van der Waals surface area contributed by atoms with Crippen LogP contribution in [0.4, 0.5) is 0 Å². The summed E-state index contributed by atoms with van der Waals surface area (Å²) < 4.78 is 0. The summed E-state index contributed by atoms with van der Waals surface area (Å²) >= 11 is 1.76. The summed E-state index contributed by atoms with van der Waals surface area (Å²) in [6.07, 6.45) is 2.24. The standard InChI is InChI=1S/C12H19NOS/c1-10(14)12-3-2-5-13(8-12)7-11-4-6-15-9-11/h4,6,9-10,12,14H,2-3,5,7-8H2,1H3/t10-,12+/m0/s1. The predicted octanol–water partition coefficient (Wildman–Crippen LogP) is 2.34. The Kier molecular flexibility index (Phi) is 3.78. The fourth-order valence-corrected chi connectivity index (χ4v) is 2.93. The first-order chi connectivity index (χ1) is 7.25. The number of thiophene rings is 1. The third-order valence-corrected chi connectivity index (χ3v) is 3.94. The molecule has 2 atom stereocenters. The van der Waals surface area contributed by atoms with Crippen LogP contribution in [0.1, 0.15) is 25.3 Å². The number of hydrogen-bond donors (Lipinski definition) is 1. The van der Waals surface area contributed by atoms with E-state index in [0.29, 0.717) is 5.92 Å². The molecule has 1 aliphatic rings. The van der Waals surface area contributed by atoms with Gasteiger partial charge in [-0.1, -0.05) is 0 Å². The van der Waals surface area contributed by atoms with Crippen molar-refractivity contribution in [3.8, 4) is 0 Å². The van der Waals surface area contributed by atoms with Crippen LogP contribution >= 0.6 is 11.3 Å². The Balaban J connectivity index is 1.88. The maximum absolute atomic E-state index is 9.60. The maximum Gasteiger partial charge on any atom is 0.0552 e. The Hall–Kier alpha value is -0.380. The van der Waals surface area contributed by atoms with Crippen molar-refractivity contribution in [2.75, 3.05) is 13.1 Å². The Morgan fingerprint density at radius 2 is 2.53 bits per heavy atom. The molecule has 2 heterocycles. The van der Waals surface area contributed by atoms with Crippen LogP contribution in [0.15, 0.2) is 16.8 Å². The quantitative estimate of drug-likeness (QED) is 0.853. The Labute approximate surface area is 95.5 Å². The molecule has 1 saturated heterocycles. The third-order valence-electron chi connectivity index (χ3n) is 3.21. The Bertz CT molecular complexity index is 284. The van der Waals surface area contributed by atoms with Crippen molar-refractivity contribution in [1.82, 2.24) is 4.90 Å². The molecular weight excluding hydrogens is 206 g/mol. The molecule has 0 radical (unpaired) electrons. The zero-order chi connectivity index (χ0) is 10.7. The van der Waals surface area contributed by atoms with E-state index >= 15 is 0 Å². The lowest BCUT2D eigenvalue weighted by Gasteiger charge is -2.33. The third kappa shape index (κ3) is 3.03. The maximum atomic E-state index is 9.60. The van der Waals surface area contributed by atoms with Crippen molar-refractivity contribution in [3.63, 3.8) is 0 Å². The summed E-state index contributed by atoms with van der Waals surface area (Å²) in [4.78, 5) is 2.46. The predicted molar refractivity (Wildman–Crippen MR) is 64.0 cm³/mol. The van der Waals surface area contributed by atoms with Crippen molar-refractivity contribution in [1.29, 1.82) is 0 Å². The SMILES string of the molecule is C[C@H](O)[C@@H]1CCCN(Cc2ccsc2)C1. The molecule has 1 N–H and O–H groups in total. The van der Waals surface area contributed by atoms with E-state index in [9.17, 15) is 5.11 Å². The van der Waals surface area contributed by atoms with Gasteiger partial charge in [-0.25, -0.2) is 0 Å². The normalized spacial score (nSPS) is 25.3. The van der Waals surface area contributed by atoms with E-state index in [1.807, 2.05) is 6.92 Å². The van der Waals surface area contributed by atoms with Crippen molar-refractivity contribution in [2.24, 2.45) is 5.92 Å². The van der Waals surface area contributed by atoms with Gasteiger partial charge in [-0.05, 0) is 54.6 Å². The zero-order valence-electron chi connectivity index (χ0n) is 9.22. The van der Waals surface area contributed by atoms with Crippen molar-refractivity contribution < 1.29 is 5.11 Å². The molecule has 1 aliphatic heterocycles. The lowest BCUT2D eigenvalue weighted by molar-refractivity contribution is 0.0599. The Morgan fingerprint density at radius 3 is 3.20 bits per heavy atom. The highest BCUT2D eigenvalue weighted by Gasteiger charge is 2.23. The summed E-state index contributed by atoms with van der Waals surface area (Å²) in [5.41, 5.74) is 1.41. The molecule has 3 heteroatoms. The molecule has 1 aromatic heterocycles. The second-order valence-corrected chi connectivity index (χ2v) is 5.29. The van der Waals surface area contributed by atoms with Crippen LogP contribution in [0.25, 0.3) is 0 Å². The number of likely N-dealkylation sites (tertiary alicyclic amines) is 1. The first kappa shape index (κ1) is 11.1. The molecule has 0 aliphatic carbocycles. The lowest BCUT2D eigenvalue weighted by atomic mass is 9.93. The van der Waals surface area contributed by atoms with E-state index in [4.69, 9.17) is 0 Å². The molecule has 0 unspecified atom stereocenters. The van der Waals surface area contributed by atoms with Gasteiger partial charge in [0.15, 0.2) is 0 Å². The van der Waals surface area contributed by atoms with Gasteiger partial charge >= 0.3 is 0 Å². The fourth-order valence-electron chi connectivity index (χ4n) is 2.27. The van der Waals surface area contributed by atoms with E-state index in [-0.39, 0.29) is 6.10 Å². The average molecular weight is 225 g/mol. The van der Waals surface area contributed by atoms with Gasteiger partial charge < -0.3 is 5.11 Å². The second kappa shape index (κ2) is 5.10. The first-order valence-electron chi connectivity index (χ1n) is 5.67. The van der Waals surface area contributed by atoms with Gasteiger partial charge in [-0.3, -0.25) is 4.90 Å². The number of hydrogen-bond acceptors (Lipinski definition) is 3. The molecule has 0 saturated carbocycles. The van der Waals surface area contributed by atoms with Crippen LogP contribution in [-0.4, -0.2) is 29.2 Å². The number of nitrogens with zero attached hydrogens (tertiary/aromatic N) is 1. The van der Waals surface area contributed by atoms with Crippen molar-refractivity contribution in [2.45, 2.75) is 32.4 Å². The van der Waals surface area contributed by atoms with E-state index in [0.717, 1.165) is 13.1 Å². The molecule has 2 nitrogen and oxygen atoms in total. The minimum Gasteiger partial charge on any atom is -0.393 e. The molecule has 84 valence electrons. The molecule has 0 spiro atoms. The highest BCUT2D eigenvalue weighted by atomic mass is 32.1. The van der Waals surface area contributed by atoms with E-state index in [1.165, 1.54) is 24.9 Å². The number of aliphatic hydroxyl groups is 1. The smallest absolute Gasteiger partial charge is 0.0552 e. The Morgan fingerprint density at radius 1 is 1.67 bits per heavy atom. The number of piperidine rings is 1. The van der Waals surface area contributed by atoms with Crippen LogP contribution < -0.4 is 0 Å². The minimum absolute atomic E-state index is 0.157. The van der Waals surface area contributed by atoms with Crippen LogP contribution in [0.3, 0.4) is 0 Å². The second-order valence-electron chi connectivity index (χ2n) is 4.51. The van der Waals surface area contributed by atoms with Gasteiger partial charge in [-0.15, -0.1) is 0 Å². The highest BCUT2D eigenvalue weighted by Crippen LogP contribution is 2.21. The summed E-state index contributed by atoms with van der Waals surface area (Å²) in [6.45, 7) is 5.19. The van der Waals surface area contributed by atoms with Gasteiger partial charge in [0.1, 0.15) is 0 Å². The molecule has 2 rings (SSSR count). The molecule has 15 heavy (non-hydrogen) atoms. The van der Waals surface area contributed by atoms with Gasteiger partial charge in [0.2, 0.25) is 0 Å². The molecule has 1 aromatic rings. The molecule has 0 amide bonds. The summed E-state index contributed by atoms with van der Waals surface area (Å²) in [6, 6.07) is 2.19. The van der Waals surface area contributed by atoms with Gasteiger partial charge in [0.25, 0.3) is 0 Å². The van der Waals surface area contributed by atoms with Crippen LogP contribution in [0.2, 0.25) is 0 Å². The summed E-state index contributed by atoms with van der Waals surface area (Å²) in [5.74, 6) is 0.470. The van der Waals surface area contributed by atoms with Crippen LogP contribution in [0, 0.1) is 5.92 Å². The summed E-state index contributed by atoms with van der Waals surface area (Å²) in [7, 11) is 0. The average Bonchev–Trinajstić information content (AvgIpc) is 2.71. The molecule has 1 fully saturated rings. The number of rotatable bonds is 3. The van der Waals surface area contributed by atoms with Gasteiger partial charge in [-0.2, -0.15) is 11.3 Å². The van der Waals surface area contributed by atoms with Gasteiger partial charge in [0.05, 0.1) is 6.10 Å². The highest BCUT2D eigenvalue weighted by molar-refractivity contribution is 7.07. The summed E-state index contributed by atoms with van der Waals surface area (Å²) in [5, 5.41) is 13.9. The van der Waals surface area contributed by atoms with Gasteiger partial charge in [0, 0.05) is 13.1 Å². The van der Waals surface area contributed by atoms with Crippen LogP contribution in [0.5, 0.6) is 0 Å². The zero-order valence-corrected chi connectivity index (χ0v) is 10.0. The number of aliphatic hydroxyl groups excluding tert-OH is 1. The fraction of sp³-hybridized carbons (Fsp3) is 0.667. The van der Waals surface area contributed by atoms with Crippen molar-refractivity contribution in [3.05, 3.63) is 22.4 Å². The largest absolute Gasteiger partial charge is 0.393 e. The molecular formula is C12H19NOS. The monoisotopic (exact) mass is 225 g/mol. The van der Waals surface area contributed by atoms with E-state index < -0.39 is 0 Å². The van der Waals surface area contributed by atoms with Crippen molar-refractivity contribution >= 4 is 11.3 Å². The first-order valence-corrected chi connectivity index (χ1v) is 6.61. The minimum atomic E-state index is -0.157. The molecule has 0 bridgehead atoms. The van der Waals surface area contributed by atoms with E-state index in [1.54, 1.807) is 11.3 Å². The lowest BCUT2D eigenvalue weighted by Crippen LogP contribution is -2.38. The van der Waals surface area contributed by atoms with E-state index in [2.05, 4.69) is 21.7 Å².